The molecule has 2 N–H and O–H groups in total. The third-order valence-electron chi connectivity index (χ3n) is 3.93. The summed E-state index contributed by atoms with van der Waals surface area (Å²) in [5.74, 6) is 0.558. The number of hydrogen-bond acceptors (Lipinski definition) is 2. The Kier molecular flexibility index (Phi) is 4.49. The number of thiocarbonyl (C=S) groups is 1. The molecule has 1 aliphatic rings. The maximum atomic E-state index is 12.7. The zero-order valence-electron chi connectivity index (χ0n) is 11.7. The molecule has 108 valence electrons. The summed E-state index contributed by atoms with van der Waals surface area (Å²) in [6.45, 7) is 2.69. The van der Waals surface area contributed by atoms with Crippen molar-refractivity contribution in [2.75, 3.05) is 7.05 Å². The van der Waals surface area contributed by atoms with Gasteiger partial charge < -0.3 is 10.6 Å². The fourth-order valence-corrected chi connectivity index (χ4v) is 3.66. The van der Waals surface area contributed by atoms with Gasteiger partial charge in [0.25, 0.3) is 0 Å². The molecule has 0 aliphatic heterocycles. The standard InChI is InChI=1S/C15H19BrN2OS/c1-10-7-15(8-10,13(17)20)14(19)18(2)9-11-4-3-5-12(16)6-11/h3-6,10H,7-9H2,1-2H3,(H2,17,20). The minimum atomic E-state index is -0.616. The predicted octanol–water partition coefficient (Wildman–Crippen LogP) is 3.11. The molecule has 1 aromatic rings. The Hall–Kier alpha value is -0.940. The van der Waals surface area contributed by atoms with Crippen molar-refractivity contribution in [1.29, 1.82) is 0 Å². The molecule has 20 heavy (non-hydrogen) atoms. The molecule has 0 atom stereocenters. The van der Waals surface area contributed by atoms with Gasteiger partial charge in [-0.05, 0) is 36.5 Å². The second-order valence-corrected chi connectivity index (χ2v) is 7.11. The molecule has 1 aliphatic carbocycles. The minimum Gasteiger partial charge on any atom is -0.392 e. The lowest BCUT2D eigenvalue weighted by Gasteiger charge is -2.46. The van der Waals surface area contributed by atoms with Crippen LogP contribution in [0.2, 0.25) is 0 Å². The fourth-order valence-electron chi connectivity index (χ4n) is 2.96. The highest BCUT2D eigenvalue weighted by Gasteiger charge is 2.51. The lowest BCUT2D eigenvalue weighted by molar-refractivity contribution is -0.143. The highest BCUT2D eigenvalue weighted by Crippen LogP contribution is 2.47. The van der Waals surface area contributed by atoms with Gasteiger partial charge in [0.05, 0.1) is 10.4 Å². The Morgan fingerprint density at radius 2 is 2.20 bits per heavy atom. The Morgan fingerprint density at radius 3 is 2.70 bits per heavy atom. The Morgan fingerprint density at radius 1 is 1.55 bits per heavy atom. The molecule has 0 bridgehead atoms. The van der Waals surface area contributed by atoms with Crippen molar-refractivity contribution in [3.63, 3.8) is 0 Å². The minimum absolute atomic E-state index is 0.0445. The summed E-state index contributed by atoms with van der Waals surface area (Å²) in [6.07, 6.45) is 1.54. The number of nitrogens with zero attached hydrogens (tertiary/aromatic N) is 1. The zero-order valence-corrected chi connectivity index (χ0v) is 14.1. The first-order valence-corrected chi connectivity index (χ1v) is 7.85. The monoisotopic (exact) mass is 354 g/mol. The number of amides is 1. The molecule has 1 amide bonds. The number of carbonyl (C=O) groups is 1. The molecular weight excluding hydrogens is 336 g/mol. The molecule has 0 radical (unpaired) electrons. The number of halogens is 1. The summed E-state index contributed by atoms with van der Waals surface area (Å²) in [5, 5.41) is 0. The normalized spacial score (nSPS) is 24.9. The number of benzene rings is 1. The van der Waals surface area contributed by atoms with Crippen LogP contribution in [-0.2, 0) is 11.3 Å². The average Bonchev–Trinajstić information content (AvgIpc) is 2.33. The van der Waals surface area contributed by atoms with Gasteiger partial charge in [-0.1, -0.05) is 47.2 Å². The van der Waals surface area contributed by atoms with Crippen molar-refractivity contribution in [2.24, 2.45) is 17.1 Å². The molecule has 1 fully saturated rings. The molecule has 1 aromatic carbocycles. The van der Waals surface area contributed by atoms with E-state index in [4.69, 9.17) is 18.0 Å². The number of nitrogens with two attached hydrogens (primary N) is 1. The van der Waals surface area contributed by atoms with Gasteiger partial charge in [-0.2, -0.15) is 0 Å². The van der Waals surface area contributed by atoms with Gasteiger partial charge in [0, 0.05) is 18.1 Å². The summed E-state index contributed by atoms with van der Waals surface area (Å²) in [6, 6.07) is 7.95. The van der Waals surface area contributed by atoms with Crippen LogP contribution in [0.15, 0.2) is 28.7 Å². The van der Waals surface area contributed by atoms with Crippen LogP contribution in [0, 0.1) is 11.3 Å². The van der Waals surface area contributed by atoms with Gasteiger partial charge >= 0.3 is 0 Å². The maximum Gasteiger partial charge on any atom is 0.235 e. The van der Waals surface area contributed by atoms with Crippen LogP contribution in [0.1, 0.15) is 25.3 Å². The van der Waals surface area contributed by atoms with Crippen molar-refractivity contribution in [3.05, 3.63) is 34.3 Å². The number of hydrogen-bond donors (Lipinski definition) is 1. The quantitative estimate of drug-likeness (QED) is 0.845. The van der Waals surface area contributed by atoms with Crippen LogP contribution in [0.4, 0.5) is 0 Å². The summed E-state index contributed by atoms with van der Waals surface area (Å²) >= 11 is 8.58. The smallest absolute Gasteiger partial charge is 0.235 e. The fraction of sp³-hybridized carbons (Fsp3) is 0.467. The summed E-state index contributed by atoms with van der Waals surface area (Å²) in [5.41, 5.74) is 6.30. The first-order valence-electron chi connectivity index (χ1n) is 6.65. The highest BCUT2D eigenvalue weighted by molar-refractivity contribution is 9.10. The van der Waals surface area contributed by atoms with Gasteiger partial charge in [-0.25, -0.2) is 0 Å². The number of carbonyl (C=O) groups excluding carboxylic acids is 1. The Labute approximate surface area is 133 Å². The molecule has 5 heteroatoms. The van der Waals surface area contributed by atoms with E-state index in [-0.39, 0.29) is 5.91 Å². The van der Waals surface area contributed by atoms with E-state index in [0.29, 0.717) is 17.5 Å². The molecule has 3 nitrogen and oxygen atoms in total. The predicted molar refractivity (Wildman–Crippen MR) is 88.2 cm³/mol. The lowest BCUT2D eigenvalue weighted by atomic mass is 9.61. The van der Waals surface area contributed by atoms with Gasteiger partial charge in [-0.15, -0.1) is 0 Å². The van der Waals surface area contributed by atoms with E-state index >= 15 is 0 Å². The molecule has 0 spiro atoms. The van der Waals surface area contributed by atoms with Crippen molar-refractivity contribution in [3.8, 4) is 0 Å². The van der Waals surface area contributed by atoms with Crippen LogP contribution in [-0.4, -0.2) is 22.8 Å². The summed E-state index contributed by atoms with van der Waals surface area (Å²) in [4.78, 5) is 14.7. The van der Waals surface area contributed by atoms with Crippen LogP contribution in [0.5, 0.6) is 0 Å². The highest BCUT2D eigenvalue weighted by atomic mass is 79.9. The van der Waals surface area contributed by atoms with E-state index in [1.807, 2.05) is 31.3 Å². The van der Waals surface area contributed by atoms with E-state index in [1.165, 1.54) is 0 Å². The van der Waals surface area contributed by atoms with E-state index in [9.17, 15) is 4.79 Å². The average molecular weight is 355 g/mol. The van der Waals surface area contributed by atoms with E-state index < -0.39 is 5.41 Å². The third kappa shape index (κ3) is 2.88. The van der Waals surface area contributed by atoms with E-state index in [0.717, 1.165) is 22.9 Å². The van der Waals surface area contributed by atoms with Crippen molar-refractivity contribution >= 4 is 39.0 Å². The Bertz CT molecular complexity index is 540. The zero-order chi connectivity index (χ0) is 14.9. The first kappa shape index (κ1) is 15.4. The van der Waals surface area contributed by atoms with Gasteiger partial charge in [0.15, 0.2) is 0 Å². The van der Waals surface area contributed by atoms with Gasteiger partial charge in [0.1, 0.15) is 0 Å². The largest absolute Gasteiger partial charge is 0.392 e. The second-order valence-electron chi connectivity index (χ2n) is 5.75. The maximum absolute atomic E-state index is 12.7. The molecule has 1 saturated carbocycles. The van der Waals surface area contributed by atoms with E-state index in [2.05, 4.69) is 22.9 Å². The summed E-state index contributed by atoms with van der Waals surface area (Å²) in [7, 11) is 1.81. The Balaban J connectivity index is 2.10. The van der Waals surface area contributed by atoms with Crippen molar-refractivity contribution < 1.29 is 4.79 Å². The molecular formula is C15H19BrN2OS. The van der Waals surface area contributed by atoms with Gasteiger partial charge in [0.2, 0.25) is 5.91 Å². The molecule has 0 unspecified atom stereocenters. The van der Waals surface area contributed by atoms with Crippen molar-refractivity contribution in [1.82, 2.24) is 4.90 Å². The van der Waals surface area contributed by atoms with Crippen LogP contribution in [0.25, 0.3) is 0 Å². The number of rotatable bonds is 4. The molecule has 0 saturated heterocycles. The van der Waals surface area contributed by atoms with Gasteiger partial charge in [-0.3, -0.25) is 4.79 Å². The van der Waals surface area contributed by atoms with Crippen LogP contribution in [0.3, 0.4) is 0 Å². The second kappa shape index (κ2) is 5.82. The van der Waals surface area contributed by atoms with Crippen LogP contribution < -0.4 is 5.73 Å². The van der Waals surface area contributed by atoms with Crippen LogP contribution >= 0.6 is 28.1 Å². The SMILES string of the molecule is CC1CC(C(=O)N(C)Cc2cccc(Br)c2)(C(N)=S)C1. The molecule has 0 heterocycles. The van der Waals surface area contributed by atoms with E-state index in [1.54, 1.807) is 4.90 Å². The molecule has 0 aromatic heterocycles. The topological polar surface area (TPSA) is 46.3 Å². The third-order valence-corrected chi connectivity index (χ3v) is 4.81. The molecule has 2 rings (SSSR count). The van der Waals surface area contributed by atoms with Crippen molar-refractivity contribution in [2.45, 2.75) is 26.3 Å². The summed E-state index contributed by atoms with van der Waals surface area (Å²) < 4.78 is 1.01. The lowest BCUT2D eigenvalue weighted by Crippen LogP contribution is -2.56. The first-order chi connectivity index (χ1) is 9.35.